The van der Waals surface area contributed by atoms with Crippen LogP contribution in [0.5, 0.6) is 5.75 Å². The van der Waals surface area contributed by atoms with Gasteiger partial charge in [-0.1, -0.05) is 45.6 Å². The van der Waals surface area contributed by atoms with Crippen molar-refractivity contribution in [1.29, 1.82) is 0 Å². The fraction of sp³-hybridized carbons (Fsp3) is 0.588. The molecule has 1 aromatic carbocycles. The first-order valence-corrected chi connectivity index (χ1v) is 7.30. The molecule has 0 aromatic heterocycles. The van der Waals surface area contributed by atoms with Gasteiger partial charge in [-0.25, -0.2) is 0 Å². The molecule has 0 spiro atoms. The molecule has 1 unspecified atom stereocenters. The van der Waals surface area contributed by atoms with Crippen molar-refractivity contribution in [2.24, 2.45) is 5.92 Å². The summed E-state index contributed by atoms with van der Waals surface area (Å²) in [5.74, 6) is 1.41. The second-order valence-electron chi connectivity index (χ2n) is 5.25. The Morgan fingerprint density at radius 1 is 1.32 bits per heavy atom. The smallest absolute Gasteiger partial charge is 0.166 e. The molecule has 0 aliphatic rings. The molecule has 0 saturated carbocycles. The summed E-state index contributed by atoms with van der Waals surface area (Å²) in [4.78, 5) is 12.4. The first-order chi connectivity index (χ1) is 9.12. The van der Waals surface area contributed by atoms with Crippen LogP contribution in [0.2, 0.25) is 0 Å². The van der Waals surface area contributed by atoms with Crippen molar-refractivity contribution in [1.82, 2.24) is 0 Å². The quantitative estimate of drug-likeness (QED) is 0.629. The molecule has 0 aliphatic carbocycles. The van der Waals surface area contributed by atoms with E-state index in [0.29, 0.717) is 18.1 Å². The third-order valence-corrected chi connectivity index (χ3v) is 3.67. The predicted octanol–water partition coefficient (Wildman–Crippen LogP) is 4.79. The second kappa shape index (κ2) is 7.98. The molecule has 2 heteroatoms. The molecule has 0 bridgehead atoms. The molecule has 1 rings (SSSR count). The topological polar surface area (TPSA) is 26.3 Å². The molecule has 0 amide bonds. The van der Waals surface area contributed by atoms with Crippen molar-refractivity contribution in [3.8, 4) is 5.75 Å². The molecule has 1 aromatic rings. The van der Waals surface area contributed by atoms with Gasteiger partial charge in [0.05, 0.1) is 12.7 Å². The highest BCUT2D eigenvalue weighted by molar-refractivity contribution is 5.98. The zero-order valence-electron chi connectivity index (χ0n) is 12.7. The summed E-state index contributed by atoms with van der Waals surface area (Å²) in [6.45, 7) is 6.37. The summed E-state index contributed by atoms with van der Waals surface area (Å²) in [6, 6.07) is 5.80. The van der Waals surface area contributed by atoms with E-state index in [9.17, 15) is 4.79 Å². The van der Waals surface area contributed by atoms with E-state index in [1.54, 1.807) is 7.11 Å². The number of carbonyl (C=O) groups excluding carboxylic acids is 1. The fourth-order valence-corrected chi connectivity index (χ4v) is 2.34. The molecule has 0 aliphatic heterocycles. The third kappa shape index (κ3) is 4.70. The van der Waals surface area contributed by atoms with Gasteiger partial charge in [0, 0.05) is 6.42 Å². The van der Waals surface area contributed by atoms with E-state index in [-0.39, 0.29) is 5.78 Å². The molecular weight excluding hydrogens is 236 g/mol. The first-order valence-electron chi connectivity index (χ1n) is 7.30. The Morgan fingerprint density at radius 2 is 2.05 bits per heavy atom. The van der Waals surface area contributed by atoms with Crippen LogP contribution < -0.4 is 4.74 Å². The number of ether oxygens (including phenoxy) is 1. The van der Waals surface area contributed by atoms with Crippen molar-refractivity contribution in [3.63, 3.8) is 0 Å². The maximum Gasteiger partial charge on any atom is 0.166 e. The largest absolute Gasteiger partial charge is 0.496 e. The lowest BCUT2D eigenvalue weighted by atomic mass is 9.91. The molecule has 19 heavy (non-hydrogen) atoms. The summed E-state index contributed by atoms with van der Waals surface area (Å²) in [6.07, 6.45) is 5.25. The van der Waals surface area contributed by atoms with Crippen molar-refractivity contribution >= 4 is 5.78 Å². The van der Waals surface area contributed by atoms with Crippen molar-refractivity contribution in [3.05, 3.63) is 29.3 Å². The molecule has 0 saturated heterocycles. The number of unbranched alkanes of at least 4 members (excludes halogenated alkanes) is 1. The van der Waals surface area contributed by atoms with E-state index >= 15 is 0 Å². The van der Waals surface area contributed by atoms with Crippen molar-refractivity contribution in [2.75, 3.05) is 7.11 Å². The Hall–Kier alpha value is -1.31. The minimum atomic E-state index is 0.208. The molecule has 0 fully saturated rings. The van der Waals surface area contributed by atoms with Gasteiger partial charge >= 0.3 is 0 Å². The van der Waals surface area contributed by atoms with Crippen LogP contribution in [0, 0.1) is 12.8 Å². The van der Waals surface area contributed by atoms with Crippen molar-refractivity contribution < 1.29 is 9.53 Å². The van der Waals surface area contributed by atoms with E-state index in [1.165, 1.54) is 12.8 Å². The number of hydrogen-bond donors (Lipinski definition) is 0. The van der Waals surface area contributed by atoms with Gasteiger partial charge in [-0.2, -0.15) is 0 Å². The van der Waals surface area contributed by atoms with Crippen LogP contribution in [0.25, 0.3) is 0 Å². The Balaban J connectivity index is 2.76. The number of Topliss-reactive ketones (excluding diaryl/α,β-unsaturated/α-hetero) is 1. The fourth-order valence-electron chi connectivity index (χ4n) is 2.34. The summed E-state index contributed by atoms with van der Waals surface area (Å²) < 4.78 is 5.32. The van der Waals surface area contributed by atoms with Crippen molar-refractivity contribution in [2.45, 2.75) is 52.9 Å². The Labute approximate surface area is 117 Å². The van der Waals surface area contributed by atoms with Crippen LogP contribution in [-0.2, 0) is 0 Å². The Kier molecular flexibility index (Phi) is 6.61. The summed E-state index contributed by atoms with van der Waals surface area (Å²) in [5, 5.41) is 0. The number of benzene rings is 1. The summed E-state index contributed by atoms with van der Waals surface area (Å²) in [7, 11) is 1.62. The van der Waals surface area contributed by atoms with E-state index in [1.807, 2.05) is 25.1 Å². The lowest BCUT2D eigenvalue weighted by Gasteiger charge is -2.15. The summed E-state index contributed by atoms with van der Waals surface area (Å²) in [5.41, 5.74) is 1.84. The molecule has 0 radical (unpaired) electrons. The van der Waals surface area contributed by atoms with Gasteiger partial charge in [0.2, 0.25) is 0 Å². The predicted molar refractivity (Wildman–Crippen MR) is 80.0 cm³/mol. The lowest BCUT2D eigenvalue weighted by molar-refractivity contribution is 0.0954. The maximum atomic E-state index is 12.4. The molecule has 0 N–H and O–H groups in total. The first kappa shape index (κ1) is 15.7. The van der Waals surface area contributed by atoms with Gasteiger partial charge in [0.15, 0.2) is 5.78 Å². The van der Waals surface area contributed by atoms with Gasteiger partial charge in [-0.05, 0) is 30.5 Å². The highest BCUT2D eigenvalue weighted by Crippen LogP contribution is 2.25. The SMILES string of the molecule is CCCCC(CC)CC(=O)c1ccc(C)cc1OC. The number of carbonyl (C=O) groups is 1. The number of methoxy groups -OCH3 is 1. The van der Waals surface area contributed by atoms with Gasteiger partial charge in [-0.3, -0.25) is 4.79 Å². The Bertz CT molecular complexity index is 410. The van der Waals surface area contributed by atoms with Crippen LogP contribution in [0.15, 0.2) is 18.2 Å². The average Bonchev–Trinajstić information content (AvgIpc) is 2.42. The standard InChI is InChI=1S/C17H26O2/c1-5-7-8-14(6-2)12-16(18)15-10-9-13(3)11-17(15)19-4/h9-11,14H,5-8,12H2,1-4H3. The average molecular weight is 262 g/mol. The lowest BCUT2D eigenvalue weighted by Crippen LogP contribution is -2.09. The zero-order valence-corrected chi connectivity index (χ0v) is 12.7. The highest BCUT2D eigenvalue weighted by Gasteiger charge is 2.17. The maximum absolute atomic E-state index is 12.4. The second-order valence-corrected chi connectivity index (χ2v) is 5.25. The molecule has 2 nitrogen and oxygen atoms in total. The molecule has 106 valence electrons. The number of rotatable bonds is 8. The summed E-state index contributed by atoms with van der Waals surface area (Å²) >= 11 is 0. The number of hydrogen-bond acceptors (Lipinski definition) is 2. The van der Waals surface area contributed by atoms with Gasteiger partial charge < -0.3 is 4.74 Å². The van der Waals surface area contributed by atoms with Gasteiger partial charge in [0.1, 0.15) is 5.75 Å². The third-order valence-electron chi connectivity index (χ3n) is 3.67. The minimum absolute atomic E-state index is 0.208. The molecular formula is C17H26O2. The van der Waals surface area contributed by atoms with Gasteiger partial charge in [-0.15, -0.1) is 0 Å². The van der Waals surface area contributed by atoms with Crippen LogP contribution in [-0.4, -0.2) is 12.9 Å². The van der Waals surface area contributed by atoms with Crippen LogP contribution in [0.1, 0.15) is 61.9 Å². The van der Waals surface area contributed by atoms with E-state index in [2.05, 4.69) is 13.8 Å². The molecule has 1 atom stereocenters. The van der Waals surface area contributed by atoms with Crippen LogP contribution in [0.3, 0.4) is 0 Å². The zero-order chi connectivity index (χ0) is 14.3. The number of ketones is 1. The van der Waals surface area contributed by atoms with Crippen LogP contribution >= 0.6 is 0 Å². The minimum Gasteiger partial charge on any atom is -0.496 e. The van der Waals surface area contributed by atoms with E-state index in [0.717, 1.165) is 24.0 Å². The van der Waals surface area contributed by atoms with E-state index in [4.69, 9.17) is 4.74 Å². The Morgan fingerprint density at radius 3 is 2.63 bits per heavy atom. The molecule has 0 heterocycles. The van der Waals surface area contributed by atoms with E-state index < -0.39 is 0 Å². The van der Waals surface area contributed by atoms with Gasteiger partial charge in [0.25, 0.3) is 0 Å². The monoisotopic (exact) mass is 262 g/mol. The van der Waals surface area contributed by atoms with Crippen LogP contribution in [0.4, 0.5) is 0 Å². The highest BCUT2D eigenvalue weighted by atomic mass is 16.5. The number of aryl methyl sites for hydroxylation is 1. The normalized spacial score (nSPS) is 12.2.